The quantitative estimate of drug-likeness (QED) is 0.837. The number of hydrogen-bond acceptors (Lipinski definition) is 2. The fraction of sp³-hybridized carbons (Fsp3) is 0.900. The first-order chi connectivity index (χ1) is 7.30. The zero-order valence-electron chi connectivity index (χ0n) is 9.67. The first kappa shape index (κ1) is 16.5. The van der Waals surface area contributed by atoms with Gasteiger partial charge in [-0.05, 0) is 19.8 Å². The molecule has 1 saturated heterocycles. The minimum atomic E-state index is -4.20. The highest BCUT2D eigenvalue weighted by atomic mass is 35.5. The molecular weight excluding hydrogens is 257 g/mol. The summed E-state index contributed by atoms with van der Waals surface area (Å²) in [5.41, 5.74) is 5.45. The summed E-state index contributed by atoms with van der Waals surface area (Å²) in [6, 6.07) is -0.307. The fourth-order valence-electron chi connectivity index (χ4n) is 1.88. The van der Waals surface area contributed by atoms with Crippen LogP contribution in [0.5, 0.6) is 0 Å². The molecule has 17 heavy (non-hydrogen) atoms. The van der Waals surface area contributed by atoms with Gasteiger partial charge in [0.05, 0.1) is 5.92 Å². The van der Waals surface area contributed by atoms with Crippen molar-refractivity contribution in [3.05, 3.63) is 0 Å². The van der Waals surface area contributed by atoms with Crippen molar-refractivity contribution in [2.45, 2.75) is 38.4 Å². The predicted octanol–water partition coefficient (Wildman–Crippen LogP) is 1.95. The number of alkyl halides is 3. The molecule has 0 spiro atoms. The van der Waals surface area contributed by atoms with Crippen molar-refractivity contribution in [2.24, 2.45) is 11.7 Å². The summed E-state index contributed by atoms with van der Waals surface area (Å²) < 4.78 is 37.4. The van der Waals surface area contributed by atoms with Gasteiger partial charge >= 0.3 is 6.18 Å². The van der Waals surface area contributed by atoms with Gasteiger partial charge in [-0.3, -0.25) is 4.79 Å². The molecule has 0 aromatic heterocycles. The molecule has 7 heteroatoms. The van der Waals surface area contributed by atoms with Gasteiger partial charge in [-0.15, -0.1) is 12.4 Å². The van der Waals surface area contributed by atoms with Crippen LogP contribution >= 0.6 is 12.4 Å². The SMILES string of the molecule is CC(N)CC(=O)N1CCCC(C(F)(F)F)C1.Cl. The number of amides is 1. The molecule has 1 fully saturated rings. The molecule has 0 aromatic rings. The maximum absolute atomic E-state index is 12.5. The molecule has 3 nitrogen and oxygen atoms in total. The Morgan fingerprint density at radius 2 is 2.12 bits per heavy atom. The summed E-state index contributed by atoms with van der Waals surface area (Å²) in [6.45, 7) is 1.87. The highest BCUT2D eigenvalue weighted by molar-refractivity contribution is 5.85. The van der Waals surface area contributed by atoms with E-state index in [1.165, 1.54) is 4.90 Å². The van der Waals surface area contributed by atoms with Crippen molar-refractivity contribution < 1.29 is 18.0 Å². The lowest BCUT2D eigenvalue weighted by molar-refractivity contribution is -0.188. The van der Waals surface area contributed by atoms with Crippen LogP contribution < -0.4 is 5.73 Å². The van der Waals surface area contributed by atoms with E-state index < -0.39 is 12.1 Å². The first-order valence-corrected chi connectivity index (χ1v) is 5.40. The monoisotopic (exact) mass is 274 g/mol. The highest BCUT2D eigenvalue weighted by Crippen LogP contribution is 2.33. The summed E-state index contributed by atoms with van der Waals surface area (Å²) in [5.74, 6) is -1.65. The van der Waals surface area contributed by atoms with Crippen LogP contribution in [0.25, 0.3) is 0 Å². The van der Waals surface area contributed by atoms with Crippen LogP contribution in [0.1, 0.15) is 26.2 Å². The number of likely N-dealkylation sites (tertiary alicyclic amines) is 1. The van der Waals surface area contributed by atoms with Crippen molar-refractivity contribution in [3.63, 3.8) is 0 Å². The second-order valence-corrected chi connectivity index (χ2v) is 4.40. The van der Waals surface area contributed by atoms with Crippen LogP contribution in [0.4, 0.5) is 13.2 Å². The minimum Gasteiger partial charge on any atom is -0.342 e. The van der Waals surface area contributed by atoms with Crippen LogP contribution in [0, 0.1) is 5.92 Å². The molecule has 0 radical (unpaired) electrons. The third-order valence-corrected chi connectivity index (χ3v) is 2.73. The van der Waals surface area contributed by atoms with Crippen LogP contribution in [-0.2, 0) is 4.79 Å². The fourth-order valence-corrected chi connectivity index (χ4v) is 1.88. The van der Waals surface area contributed by atoms with Gasteiger partial charge in [-0.1, -0.05) is 0 Å². The molecule has 102 valence electrons. The number of piperidine rings is 1. The maximum atomic E-state index is 12.5. The average molecular weight is 275 g/mol. The Morgan fingerprint density at radius 3 is 2.59 bits per heavy atom. The largest absolute Gasteiger partial charge is 0.393 e. The summed E-state index contributed by atoms with van der Waals surface area (Å²) in [6.07, 6.45) is -3.56. The van der Waals surface area contributed by atoms with Gasteiger partial charge in [0.15, 0.2) is 0 Å². The van der Waals surface area contributed by atoms with Crippen LogP contribution in [0.3, 0.4) is 0 Å². The predicted molar refractivity (Wildman–Crippen MR) is 60.9 cm³/mol. The molecule has 0 bridgehead atoms. The number of rotatable bonds is 2. The Morgan fingerprint density at radius 1 is 1.53 bits per heavy atom. The first-order valence-electron chi connectivity index (χ1n) is 5.40. The summed E-state index contributed by atoms with van der Waals surface area (Å²) in [4.78, 5) is 12.8. The van der Waals surface area contributed by atoms with Crippen molar-refractivity contribution in [2.75, 3.05) is 13.1 Å². The number of nitrogens with zero attached hydrogens (tertiary/aromatic N) is 1. The summed E-state index contributed by atoms with van der Waals surface area (Å²) in [7, 11) is 0. The average Bonchev–Trinajstić information content (AvgIpc) is 2.15. The van der Waals surface area contributed by atoms with Gasteiger partial charge in [0.2, 0.25) is 5.91 Å². The van der Waals surface area contributed by atoms with E-state index in [1.807, 2.05) is 0 Å². The third-order valence-electron chi connectivity index (χ3n) is 2.73. The molecule has 2 unspecified atom stereocenters. The van der Waals surface area contributed by atoms with E-state index in [0.29, 0.717) is 13.0 Å². The van der Waals surface area contributed by atoms with Crippen LogP contribution in [-0.4, -0.2) is 36.1 Å². The van der Waals surface area contributed by atoms with Gasteiger partial charge < -0.3 is 10.6 Å². The van der Waals surface area contributed by atoms with Crippen molar-refractivity contribution in [3.8, 4) is 0 Å². The lowest BCUT2D eigenvalue weighted by Gasteiger charge is -2.34. The summed E-state index contributed by atoms with van der Waals surface area (Å²) >= 11 is 0. The van der Waals surface area contributed by atoms with E-state index in [-0.39, 0.29) is 43.7 Å². The smallest absolute Gasteiger partial charge is 0.342 e. The molecule has 1 amide bonds. The number of nitrogens with two attached hydrogens (primary N) is 1. The molecule has 1 rings (SSSR count). The molecule has 2 atom stereocenters. The zero-order chi connectivity index (χ0) is 12.3. The Labute approximate surface area is 105 Å². The molecule has 1 aliphatic heterocycles. The number of halogens is 4. The minimum absolute atomic E-state index is 0. The van der Waals surface area contributed by atoms with Gasteiger partial charge in [0.25, 0.3) is 0 Å². The van der Waals surface area contributed by atoms with Crippen molar-refractivity contribution in [1.29, 1.82) is 0 Å². The Balaban J connectivity index is 0.00000256. The van der Waals surface area contributed by atoms with E-state index in [4.69, 9.17) is 5.73 Å². The van der Waals surface area contributed by atoms with E-state index >= 15 is 0 Å². The van der Waals surface area contributed by atoms with Crippen molar-refractivity contribution >= 4 is 18.3 Å². The topological polar surface area (TPSA) is 46.3 Å². The second kappa shape index (κ2) is 6.44. The molecule has 0 saturated carbocycles. The Hall–Kier alpha value is -0.490. The van der Waals surface area contributed by atoms with Crippen molar-refractivity contribution in [1.82, 2.24) is 4.90 Å². The molecule has 0 aliphatic carbocycles. The molecule has 0 aromatic carbocycles. The lowest BCUT2D eigenvalue weighted by Crippen LogP contribution is -2.45. The van der Waals surface area contributed by atoms with Gasteiger partial charge in [-0.25, -0.2) is 0 Å². The number of carbonyl (C=O) groups is 1. The van der Waals surface area contributed by atoms with E-state index in [9.17, 15) is 18.0 Å². The number of carbonyl (C=O) groups excluding carboxylic acids is 1. The molecule has 1 aliphatic rings. The molecule has 1 heterocycles. The van der Waals surface area contributed by atoms with Gasteiger partial charge in [0, 0.05) is 25.6 Å². The zero-order valence-corrected chi connectivity index (χ0v) is 10.5. The van der Waals surface area contributed by atoms with Gasteiger partial charge in [-0.2, -0.15) is 13.2 Å². The normalized spacial score (nSPS) is 22.9. The van der Waals surface area contributed by atoms with E-state index in [1.54, 1.807) is 6.92 Å². The highest BCUT2D eigenvalue weighted by Gasteiger charge is 2.42. The van der Waals surface area contributed by atoms with Crippen LogP contribution in [0.2, 0.25) is 0 Å². The van der Waals surface area contributed by atoms with Gasteiger partial charge in [0.1, 0.15) is 0 Å². The number of hydrogen-bond donors (Lipinski definition) is 1. The maximum Gasteiger partial charge on any atom is 0.393 e. The Kier molecular flexibility index (Phi) is 6.26. The van der Waals surface area contributed by atoms with Crippen LogP contribution in [0.15, 0.2) is 0 Å². The standard InChI is InChI=1S/C10H17F3N2O.ClH/c1-7(14)5-9(16)15-4-2-3-8(6-15)10(11,12)13;/h7-8H,2-6,14H2,1H3;1H. The molecule has 2 N–H and O–H groups in total. The van der Waals surface area contributed by atoms with E-state index in [0.717, 1.165) is 0 Å². The second-order valence-electron chi connectivity index (χ2n) is 4.40. The molecular formula is C10H18ClF3N2O. The lowest BCUT2D eigenvalue weighted by atomic mass is 9.97. The third kappa shape index (κ3) is 5.12. The van der Waals surface area contributed by atoms with E-state index in [2.05, 4.69) is 0 Å². The summed E-state index contributed by atoms with van der Waals surface area (Å²) in [5, 5.41) is 0. The Bertz CT molecular complexity index is 258.